The van der Waals surface area contributed by atoms with E-state index in [4.69, 9.17) is 0 Å². The molecule has 0 atom stereocenters. The van der Waals surface area contributed by atoms with Crippen LogP contribution in [0, 0.1) is 6.92 Å². The molecule has 0 unspecified atom stereocenters. The predicted molar refractivity (Wildman–Crippen MR) is 41.6 cm³/mol. The van der Waals surface area contributed by atoms with E-state index in [1.807, 2.05) is 6.92 Å². The van der Waals surface area contributed by atoms with Gasteiger partial charge in [0.2, 0.25) is 5.88 Å². The van der Waals surface area contributed by atoms with Crippen molar-refractivity contribution in [3.05, 3.63) is 11.5 Å². The quantitative estimate of drug-likeness (QED) is 0.640. The highest BCUT2D eigenvalue weighted by Crippen LogP contribution is 2.46. The zero-order chi connectivity index (χ0) is 8.06. The number of imidazole rings is 1. The lowest BCUT2D eigenvalue weighted by atomic mass is 10.1. The zero-order valence-electron chi connectivity index (χ0n) is 6.81. The second-order valence-corrected chi connectivity index (χ2v) is 3.59. The van der Waals surface area contributed by atoms with Crippen LogP contribution < -0.4 is 0 Å². The van der Waals surface area contributed by atoms with E-state index in [2.05, 4.69) is 16.9 Å². The summed E-state index contributed by atoms with van der Waals surface area (Å²) in [5.74, 6) is 1.08. The molecule has 2 N–H and O–H groups in total. The number of nitrogens with one attached hydrogen (secondary N) is 1. The fourth-order valence-electron chi connectivity index (χ4n) is 1.16. The maximum atomic E-state index is 9.19. The largest absolute Gasteiger partial charge is 0.492 e. The number of hydrogen-bond donors (Lipinski definition) is 2. The number of nitrogens with zero attached hydrogens (tertiary/aromatic N) is 1. The van der Waals surface area contributed by atoms with Gasteiger partial charge in [0.05, 0.1) is 5.69 Å². The Hall–Kier alpha value is -0.990. The van der Waals surface area contributed by atoms with Gasteiger partial charge in [0.25, 0.3) is 0 Å². The summed E-state index contributed by atoms with van der Waals surface area (Å²) in [7, 11) is 0. The molecule has 11 heavy (non-hydrogen) atoms. The molecule has 3 nitrogen and oxygen atoms in total. The molecule has 1 aliphatic rings. The maximum Gasteiger partial charge on any atom is 0.232 e. The minimum atomic E-state index is 0.146. The molecule has 0 aliphatic heterocycles. The van der Waals surface area contributed by atoms with Crippen LogP contribution in [-0.2, 0) is 5.41 Å². The first kappa shape index (κ1) is 6.70. The number of aromatic nitrogens is 2. The van der Waals surface area contributed by atoms with E-state index in [0.29, 0.717) is 0 Å². The molecule has 0 radical (unpaired) electrons. The normalized spacial score (nSPS) is 20.2. The van der Waals surface area contributed by atoms with Crippen LogP contribution in [-0.4, -0.2) is 15.1 Å². The molecule has 1 fully saturated rings. The minimum absolute atomic E-state index is 0.146. The Kier molecular flexibility index (Phi) is 1.09. The molecule has 0 spiro atoms. The van der Waals surface area contributed by atoms with Gasteiger partial charge in [-0.15, -0.1) is 0 Å². The fourth-order valence-corrected chi connectivity index (χ4v) is 1.16. The molecule has 1 heterocycles. The number of aromatic amines is 1. The fraction of sp³-hybridized carbons (Fsp3) is 0.625. The smallest absolute Gasteiger partial charge is 0.232 e. The van der Waals surface area contributed by atoms with E-state index >= 15 is 0 Å². The average Bonchev–Trinajstić information content (AvgIpc) is 2.59. The van der Waals surface area contributed by atoms with Gasteiger partial charge >= 0.3 is 0 Å². The Morgan fingerprint density at radius 1 is 1.55 bits per heavy atom. The lowest BCUT2D eigenvalue weighted by Gasteiger charge is -2.00. The van der Waals surface area contributed by atoms with Crippen LogP contribution in [0.25, 0.3) is 0 Å². The molecule has 1 saturated carbocycles. The number of H-pyrrole nitrogens is 1. The van der Waals surface area contributed by atoms with Gasteiger partial charge < -0.3 is 10.1 Å². The van der Waals surface area contributed by atoms with Gasteiger partial charge in [0.15, 0.2) is 0 Å². The number of hydrogen-bond acceptors (Lipinski definition) is 2. The first-order valence-electron chi connectivity index (χ1n) is 3.88. The standard InChI is InChI=1S/C8H12N2O/c1-5-6(11)10-7(9-5)8(2)3-4-8/h11H,3-4H2,1-2H3,(H,9,10). The number of aryl methyl sites for hydroxylation is 1. The van der Waals surface area contributed by atoms with Crippen molar-refractivity contribution in [2.24, 2.45) is 0 Å². The van der Waals surface area contributed by atoms with Crippen LogP contribution in [0.3, 0.4) is 0 Å². The second kappa shape index (κ2) is 1.78. The van der Waals surface area contributed by atoms with E-state index < -0.39 is 0 Å². The summed E-state index contributed by atoms with van der Waals surface area (Å²) >= 11 is 0. The van der Waals surface area contributed by atoms with Crippen molar-refractivity contribution in [1.29, 1.82) is 0 Å². The highest BCUT2D eigenvalue weighted by atomic mass is 16.3. The molecule has 0 bridgehead atoms. The van der Waals surface area contributed by atoms with Crippen molar-refractivity contribution in [3.8, 4) is 5.88 Å². The van der Waals surface area contributed by atoms with E-state index in [0.717, 1.165) is 11.5 Å². The van der Waals surface area contributed by atoms with Gasteiger partial charge in [-0.2, -0.15) is 4.98 Å². The summed E-state index contributed by atoms with van der Waals surface area (Å²) in [6.45, 7) is 3.99. The van der Waals surface area contributed by atoms with Crippen LogP contribution in [0.2, 0.25) is 0 Å². The average molecular weight is 152 g/mol. The van der Waals surface area contributed by atoms with Crippen molar-refractivity contribution in [3.63, 3.8) is 0 Å². The first-order valence-corrected chi connectivity index (χ1v) is 3.88. The molecule has 1 aliphatic carbocycles. The molecule has 2 rings (SSSR count). The zero-order valence-corrected chi connectivity index (χ0v) is 6.81. The van der Waals surface area contributed by atoms with Crippen LogP contribution in [0.4, 0.5) is 0 Å². The maximum absolute atomic E-state index is 9.19. The lowest BCUT2D eigenvalue weighted by molar-refractivity contribution is 0.450. The highest BCUT2D eigenvalue weighted by Gasteiger charge is 2.42. The van der Waals surface area contributed by atoms with Gasteiger partial charge in [-0.3, -0.25) is 0 Å². The third-order valence-corrected chi connectivity index (χ3v) is 2.43. The van der Waals surface area contributed by atoms with Gasteiger partial charge in [0.1, 0.15) is 5.82 Å². The van der Waals surface area contributed by atoms with Gasteiger partial charge in [-0.1, -0.05) is 6.92 Å². The second-order valence-electron chi connectivity index (χ2n) is 3.59. The van der Waals surface area contributed by atoms with Crippen molar-refractivity contribution in [2.75, 3.05) is 0 Å². The van der Waals surface area contributed by atoms with Crippen molar-refractivity contribution < 1.29 is 5.11 Å². The van der Waals surface area contributed by atoms with Gasteiger partial charge in [0, 0.05) is 5.41 Å². The summed E-state index contributed by atoms with van der Waals surface area (Å²) in [6, 6.07) is 0. The Morgan fingerprint density at radius 2 is 2.18 bits per heavy atom. The topological polar surface area (TPSA) is 48.9 Å². The van der Waals surface area contributed by atoms with Crippen LogP contribution >= 0.6 is 0 Å². The lowest BCUT2D eigenvalue weighted by Crippen LogP contribution is -2.01. The molecule has 0 aromatic carbocycles. The summed E-state index contributed by atoms with van der Waals surface area (Å²) < 4.78 is 0. The molecule has 1 aromatic heterocycles. The molecule has 0 saturated heterocycles. The Labute approximate surface area is 65.5 Å². The summed E-state index contributed by atoms with van der Waals surface area (Å²) in [5.41, 5.74) is 0.999. The van der Waals surface area contributed by atoms with E-state index in [9.17, 15) is 5.11 Å². The summed E-state index contributed by atoms with van der Waals surface area (Å²) in [5, 5.41) is 9.19. The van der Waals surface area contributed by atoms with Crippen molar-refractivity contribution in [1.82, 2.24) is 9.97 Å². The summed E-state index contributed by atoms with van der Waals surface area (Å²) in [4.78, 5) is 7.13. The molecule has 3 heteroatoms. The van der Waals surface area contributed by atoms with Crippen LogP contribution in [0.1, 0.15) is 31.3 Å². The van der Waals surface area contributed by atoms with E-state index in [1.54, 1.807) is 0 Å². The molecular weight excluding hydrogens is 140 g/mol. The Bertz CT molecular complexity index is 267. The van der Waals surface area contributed by atoms with Crippen LogP contribution in [0.15, 0.2) is 0 Å². The third kappa shape index (κ3) is 0.914. The monoisotopic (exact) mass is 152 g/mol. The Morgan fingerprint density at radius 3 is 2.55 bits per heavy atom. The van der Waals surface area contributed by atoms with E-state index in [-0.39, 0.29) is 11.3 Å². The first-order chi connectivity index (χ1) is 5.12. The van der Waals surface area contributed by atoms with Crippen LogP contribution in [0.5, 0.6) is 5.88 Å². The van der Waals surface area contributed by atoms with Gasteiger partial charge in [-0.05, 0) is 19.8 Å². The Balaban J connectivity index is 2.39. The highest BCUT2D eigenvalue weighted by molar-refractivity contribution is 5.25. The van der Waals surface area contributed by atoms with Gasteiger partial charge in [-0.25, -0.2) is 0 Å². The molecule has 60 valence electrons. The molecule has 1 aromatic rings. The molecule has 0 amide bonds. The number of aromatic hydroxyl groups is 1. The SMILES string of the molecule is Cc1[nH]c(C2(C)CC2)nc1O. The number of rotatable bonds is 1. The predicted octanol–water partition coefficient (Wildman–Crippen LogP) is 1.48. The minimum Gasteiger partial charge on any atom is -0.492 e. The summed E-state index contributed by atoms with van der Waals surface area (Å²) in [6.07, 6.45) is 2.36. The third-order valence-electron chi connectivity index (χ3n) is 2.43. The molecular formula is C8H12N2O. The van der Waals surface area contributed by atoms with Crippen molar-refractivity contribution >= 4 is 0 Å². The van der Waals surface area contributed by atoms with E-state index in [1.165, 1.54) is 12.8 Å². The van der Waals surface area contributed by atoms with Crippen molar-refractivity contribution in [2.45, 2.75) is 32.1 Å².